The highest BCUT2D eigenvalue weighted by Crippen LogP contribution is 2.23. The van der Waals surface area contributed by atoms with E-state index >= 15 is 0 Å². The van der Waals surface area contributed by atoms with Crippen LogP contribution in [-0.4, -0.2) is 26.3 Å². The molecule has 3 aromatic rings. The number of hydrogen-bond donors (Lipinski definition) is 1. The van der Waals surface area contributed by atoms with Crippen LogP contribution >= 0.6 is 11.3 Å². The second-order valence-corrected chi connectivity index (χ2v) is 9.49. The van der Waals surface area contributed by atoms with Crippen LogP contribution < -0.4 is 4.72 Å². The SMILES string of the molecule is CC(c1ccc(F)c(F)c1)N(C)C(=O)c1ccc(S(=O)(=O)NCc2cccs2)cc1. The Labute approximate surface area is 178 Å². The zero-order valence-electron chi connectivity index (χ0n) is 16.3. The summed E-state index contributed by atoms with van der Waals surface area (Å²) >= 11 is 1.45. The Morgan fingerprint density at radius 3 is 2.40 bits per heavy atom. The van der Waals surface area contributed by atoms with Crippen molar-refractivity contribution in [1.29, 1.82) is 0 Å². The van der Waals surface area contributed by atoms with Gasteiger partial charge in [-0.3, -0.25) is 4.79 Å². The number of thiophene rings is 1. The molecular formula is C21H20F2N2O3S2. The smallest absolute Gasteiger partial charge is 0.254 e. The molecule has 1 atom stereocenters. The standard InChI is InChI=1S/C21H20F2N2O3S2/c1-14(16-7-10-19(22)20(23)12-16)25(2)21(26)15-5-8-18(9-6-15)30(27,28)24-13-17-4-3-11-29-17/h3-12,14,24H,13H2,1-2H3. The molecule has 158 valence electrons. The average molecular weight is 451 g/mol. The van der Waals surface area contributed by atoms with Crippen molar-refractivity contribution in [2.24, 2.45) is 0 Å². The molecule has 1 amide bonds. The summed E-state index contributed by atoms with van der Waals surface area (Å²) in [5.74, 6) is -2.31. The van der Waals surface area contributed by atoms with Crippen LogP contribution in [0.1, 0.15) is 33.8 Å². The van der Waals surface area contributed by atoms with Gasteiger partial charge in [-0.2, -0.15) is 0 Å². The lowest BCUT2D eigenvalue weighted by atomic mass is 10.1. The summed E-state index contributed by atoms with van der Waals surface area (Å²) in [4.78, 5) is 15.1. The summed E-state index contributed by atoms with van der Waals surface area (Å²) in [7, 11) is -2.17. The molecule has 0 spiro atoms. The van der Waals surface area contributed by atoms with E-state index in [1.54, 1.807) is 14.0 Å². The number of amides is 1. The first-order chi connectivity index (χ1) is 14.2. The van der Waals surface area contributed by atoms with E-state index < -0.39 is 27.7 Å². The number of halogens is 2. The van der Waals surface area contributed by atoms with Crippen LogP contribution in [0.25, 0.3) is 0 Å². The third kappa shape index (κ3) is 4.92. The fraction of sp³-hybridized carbons (Fsp3) is 0.190. The molecule has 0 aliphatic rings. The van der Waals surface area contributed by atoms with Gasteiger partial charge in [0.25, 0.3) is 5.91 Å². The Bertz CT molecular complexity index is 1130. The van der Waals surface area contributed by atoms with Crippen molar-refractivity contribution in [2.45, 2.75) is 24.4 Å². The Hall–Kier alpha value is -2.62. The lowest BCUT2D eigenvalue weighted by Crippen LogP contribution is -2.30. The molecule has 1 unspecified atom stereocenters. The predicted octanol–water partition coefficient (Wildman–Crippen LogP) is 4.34. The van der Waals surface area contributed by atoms with Crippen LogP contribution in [0, 0.1) is 11.6 Å². The molecule has 0 fully saturated rings. The van der Waals surface area contributed by atoms with Gasteiger partial charge in [-0.25, -0.2) is 21.9 Å². The van der Waals surface area contributed by atoms with Gasteiger partial charge < -0.3 is 4.90 Å². The van der Waals surface area contributed by atoms with E-state index in [4.69, 9.17) is 0 Å². The molecule has 3 rings (SSSR count). The minimum Gasteiger partial charge on any atom is -0.335 e. The average Bonchev–Trinajstić information content (AvgIpc) is 3.26. The quantitative estimate of drug-likeness (QED) is 0.582. The molecule has 9 heteroatoms. The van der Waals surface area contributed by atoms with Gasteiger partial charge in [-0.05, 0) is 60.3 Å². The van der Waals surface area contributed by atoms with Crippen molar-refractivity contribution in [3.63, 3.8) is 0 Å². The fourth-order valence-corrected chi connectivity index (χ4v) is 4.56. The van der Waals surface area contributed by atoms with E-state index in [2.05, 4.69) is 4.72 Å². The minimum atomic E-state index is -3.71. The fourth-order valence-electron chi connectivity index (χ4n) is 2.81. The molecule has 0 saturated carbocycles. The second-order valence-electron chi connectivity index (χ2n) is 6.69. The van der Waals surface area contributed by atoms with Crippen LogP contribution in [0.15, 0.2) is 64.9 Å². The summed E-state index contributed by atoms with van der Waals surface area (Å²) in [6, 6.07) is 12.2. The van der Waals surface area contributed by atoms with Gasteiger partial charge in [0.15, 0.2) is 11.6 Å². The van der Waals surface area contributed by atoms with Gasteiger partial charge in [0.2, 0.25) is 10.0 Å². The highest BCUT2D eigenvalue weighted by molar-refractivity contribution is 7.89. The Morgan fingerprint density at radius 1 is 1.10 bits per heavy atom. The van der Waals surface area contributed by atoms with Gasteiger partial charge in [-0.1, -0.05) is 12.1 Å². The summed E-state index contributed by atoms with van der Waals surface area (Å²) in [5, 5.41) is 1.86. The number of carbonyl (C=O) groups excluding carboxylic acids is 1. The predicted molar refractivity (Wildman–Crippen MR) is 112 cm³/mol. The van der Waals surface area contributed by atoms with Gasteiger partial charge in [-0.15, -0.1) is 11.3 Å². The van der Waals surface area contributed by atoms with Crippen LogP contribution in [0.5, 0.6) is 0 Å². The summed E-state index contributed by atoms with van der Waals surface area (Å²) in [6.45, 7) is 1.88. The van der Waals surface area contributed by atoms with Crippen LogP contribution in [0.4, 0.5) is 8.78 Å². The van der Waals surface area contributed by atoms with Gasteiger partial charge in [0, 0.05) is 24.0 Å². The van der Waals surface area contributed by atoms with Crippen molar-refractivity contribution < 1.29 is 22.0 Å². The second kappa shape index (κ2) is 9.03. The molecule has 1 heterocycles. The third-order valence-electron chi connectivity index (χ3n) is 4.76. The summed E-state index contributed by atoms with van der Waals surface area (Å²) < 4.78 is 54.0. The largest absolute Gasteiger partial charge is 0.335 e. The number of hydrogen-bond acceptors (Lipinski definition) is 4. The maximum absolute atomic E-state index is 13.5. The molecule has 1 N–H and O–H groups in total. The van der Waals surface area contributed by atoms with E-state index in [1.807, 2.05) is 17.5 Å². The number of nitrogens with one attached hydrogen (secondary N) is 1. The van der Waals surface area contributed by atoms with Gasteiger partial charge in [0.1, 0.15) is 0 Å². The van der Waals surface area contributed by atoms with Crippen molar-refractivity contribution in [3.8, 4) is 0 Å². The Kier molecular flexibility index (Phi) is 6.64. The van der Waals surface area contributed by atoms with Crippen molar-refractivity contribution in [3.05, 3.63) is 87.6 Å². The van der Waals surface area contributed by atoms with E-state index in [9.17, 15) is 22.0 Å². The third-order valence-corrected chi connectivity index (χ3v) is 7.05. The zero-order valence-corrected chi connectivity index (χ0v) is 17.9. The van der Waals surface area contributed by atoms with Crippen LogP contribution in [-0.2, 0) is 16.6 Å². The van der Waals surface area contributed by atoms with Gasteiger partial charge in [0.05, 0.1) is 10.9 Å². The summed E-state index contributed by atoms with van der Waals surface area (Å²) in [5.41, 5.74) is 0.728. The molecule has 5 nitrogen and oxygen atoms in total. The molecule has 0 saturated heterocycles. The molecule has 0 aliphatic carbocycles. The first-order valence-corrected chi connectivity index (χ1v) is 11.4. The number of benzene rings is 2. The number of sulfonamides is 1. The summed E-state index contributed by atoms with van der Waals surface area (Å²) in [6.07, 6.45) is 0. The normalized spacial score (nSPS) is 12.5. The van der Waals surface area contributed by atoms with E-state index in [0.717, 1.165) is 17.0 Å². The van der Waals surface area contributed by atoms with E-state index in [-0.39, 0.29) is 22.9 Å². The van der Waals surface area contributed by atoms with Crippen LogP contribution in [0.3, 0.4) is 0 Å². The monoisotopic (exact) mass is 450 g/mol. The Balaban J connectivity index is 1.71. The first kappa shape index (κ1) is 22.1. The zero-order chi connectivity index (χ0) is 21.9. The molecule has 2 aromatic carbocycles. The van der Waals surface area contributed by atoms with Crippen molar-refractivity contribution in [1.82, 2.24) is 9.62 Å². The molecular weight excluding hydrogens is 430 g/mol. The molecule has 0 bridgehead atoms. The lowest BCUT2D eigenvalue weighted by Gasteiger charge is -2.25. The Morgan fingerprint density at radius 2 is 1.80 bits per heavy atom. The highest BCUT2D eigenvalue weighted by atomic mass is 32.2. The molecule has 30 heavy (non-hydrogen) atoms. The first-order valence-electron chi connectivity index (χ1n) is 9.03. The van der Waals surface area contributed by atoms with Crippen LogP contribution in [0.2, 0.25) is 0 Å². The van der Waals surface area contributed by atoms with Crippen molar-refractivity contribution in [2.75, 3.05) is 7.05 Å². The molecule has 0 radical (unpaired) electrons. The maximum atomic E-state index is 13.5. The minimum absolute atomic E-state index is 0.0481. The molecule has 0 aliphatic heterocycles. The van der Waals surface area contributed by atoms with Crippen molar-refractivity contribution >= 4 is 27.3 Å². The highest BCUT2D eigenvalue weighted by Gasteiger charge is 2.21. The topological polar surface area (TPSA) is 66.5 Å². The number of rotatable bonds is 7. The van der Waals surface area contributed by atoms with E-state index in [1.165, 1.54) is 46.6 Å². The van der Waals surface area contributed by atoms with E-state index in [0.29, 0.717) is 5.56 Å². The maximum Gasteiger partial charge on any atom is 0.254 e. The number of nitrogens with zero attached hydrogens (tertiary/aromatic N) is 1. The number of carbonyl (C=O) groups is 1. The van der Waals surface area contributed by atoms with Gasteiger partial charge >= 0.3 is 0 Å². The lowest BCUT2D eigenvalue weighted by molar-refractivity contribution is 0.0742. The molecule has 1 aromatic heterocycles.